The molecule has 8 nitrogen and oxygen atoms in total. The summed E-state index contributed by atoms with van der Waals surface area (Å²) in [6.07, 6.45) is -1.14. The van der Waals surface area contributed by atoms with Gasteiger partial charge in [-0.05, 0) is 79.7 Å². The van der Waals surface area contributed by atoms with Crippen molar-refractivity contribution in [3.8, 4) is 5.75 Å². The predicted octanol–water partition coefficient (Wildman–Crippen LogP) is 3.82. The normalized spacial score (nSPS) is 11.8. The van der Waals surface area contributed by atoms with Gasteiger partial charge >= 0.3 is 5.97 Å². The molecule has 1 amide bonds. The van der Waals surface area contributed by atoms with Gasteiger partial charge in [-0.25, -0.2) is 17.6 Å². The van der Waals surface area contributed by atoms with Crippen molar-refractivity contribution in [2.45, 2.75) is 17.9 Å². The van der Waals surface area contributed by atoms with Gasteiger partial charge in [0.25, 0.3) is 15.9 Å². The van der Waals surface area contributed by atoms with Crippen molar-refractivity contribution < 1.29 is 31.9 Å². The maximum Gasteiger partial charge on any atom is 0.338 e. The van der Waals surface area contributed by atoms with Gasteiger partial charge in [0.05, 0.1) is 17.6 Å². The third kappa shape index (κ3) is 6.30. The number of hydrogen-bond donors (Lipinski definition) is 2. The molecule has 3 rings (SSSR count). The average Bonchev–Trinajstić information content (AvgIpc) is 2.80. The van der Waals surface area contributed by atoms with Crippen LogP contribution >= 0.6 is 0 Å². The predicted molar refractivity (Wildman–Crippen MR) is 120 cm³/mol. The molecule has 0 spiro atoms. The molecule has 0 radical (unpaired) electrons. The van der Waals surface area contributed by atoms with E-state index in [1.807, 2.05) is 0 Å². The summed E-state index contributed by atoms with van der Waals surface area (Å²) >= 11 is 0. The zero-order valence-corrected chi connectivity index (χ0v) is 18.6. The van der Waals surface area contributed by atoms with Gasteiger partial charge in [-0.1, -0.05) is 0 Å². The summed E-state index contributed by atoms with van der Waals surface area (Å²) in [5.41, 5.74) is 0.767. The minimum Gasteiger partial charge on any atom is -0.497 e. The summed E-state index contributed by atoms with van der Waals surface area (Å²) in [5.74, 6) is -1.26. The quantitative estimate of drug-likeness (QED) is 0.482. The maximum atomic E-state index is 13.0. The molecule has 1 atom stereocenters. The average molecular weight is 472 g/mol. The van der Waals surface area contributed by atoms with E-state index in [1.54, 1.807) is 24.3 Å². The number of carbonyl (C=O) groups is 2. The fourth-order valence-corrected chi connectivity index (χ4v) is 3.76. The van der Waals surface area contributed by atoms with Crippen LogP contribution in [0.2, 0.25) is 0 Å². The molecule has 3 aromatic carbocycles. The number of methoxy groups -OCH3 is 1. The Bertz CT molecular complexity index is 1230. The third-order valence-corrected chi connectivity index (χ3v) is 5.90. The largest absolute Gasteiger partial charge is 0.497 e. The van der Waals surface area contributed by atoms with Crippen molar-refractivity contribution in [1.29, 1.82) is 0 Å². The van der Waals surface area contributed by atoms with Crippen LogP contribution in [0.15, 0.2) is 77.7 Å². The number of nitrogens with one attached hydrogen (secondary N) is 2. The minimum atomic E-state index is -3.88. The van der Waals surface area contributed by atoms with E-state index in [-0.39, 0.29) is 10.5 Å². The van der Waals surface area contributed by atoms with E-state index < -0.39 is 33.8 Å². The van der Waals surface area contributed by atoms with Gasteiger partial charge in [0, 0.05) is 11.4 Å². The number of esters is 1. The Kier molecular flexibility index (Phi) is 7.29. The fraction of sp³-hybridized carbons (Fsp3) is 0.130. The van der Waals surface area contributed by atoms with Gasteiger partial charge in [0.15, 0.2) is 6.10 Å². The van der Waals surface area contributed by atoms with Gasteiger partial charge in [0.2, 0.25) is 0 Å². The molecule has 0 aromatic heterocycles. The summed E-state index contributed by atoms with van der Waals surface area (Å²) < 4.78 is 50.7. The fourth-order valence-electron chi connectivity index (χ4n) is 2.70. The molecular weight excluding hydrogens is 451 g/mol. The van der Waals surface area contributed by atoms with E-state index in [9.17, 15) is 22.4 Å². The molecule has 0 saturated carbocycles. The smallest absolute Gasteiger partial charge is 0.338 e. The Hall–Kier alpha value is -3.92. The van der Waals surface area contributed by atoms with E-state index in [1.165, 1.54) is 62.6 Å². The molecule has 0 aliphatic carbocycles. The second-order valence-corrected chi connectivity index (χ2v) is 8.58. The summed E-state index contributed by atoms with van der Waals surface area (Å²) in [5, 5.41) is 2.51. The van der Waals surface area contributed by atoms with E-state index in [4.69, 9.17) is 9.47 Å². The number of sulfonamides is 1. The third-order valence-electron chi connectivity index (χ3n) is 4.51. The van der Waals surface area contributed by atoms with Crippen LogP contribution in [0.5, 0.6) is 5.75 Å². The Labute approximate surface area is 190 Å². The number of carbonyl (C=O) groups excluding carboxylic acids is 2. The maximum absolute atomic E-state index is 13.0. The van der Waals surface area contributed by atoms with Crippen molar-refractivity contribution in [3.63, 3.8) is 0 Å². The van der Waals surface area contributed by atoms with Crippen molar-refractivity contribution in [3.05, 3.63) is 84.2 Å². The monoisotopic (exact) mass is 472 g/mol. The van der Waals surface area contributed by atoms with Crippen LogP contribution in [0.1, 0.15) is 17.3 Å². The first-order valence-corrected chi connectivity index (χ1v) is 11.2. The standard InChI is InChI=1S/C23H21FN2O6S/c1-15(22(27)25-18-7-5-17(24)6-8-18)32-23(28)16-3-13-21(14-4-16)33(29,30)26-19-9-11-20(31-2)12-10-19/h3-15,26H,1-2H3,(H,25,27). The summed E-state index contributed by atoms with van der Waals surface area (Å²) in [7, 11) is -2.38. The van der Waals surface area contributed by atoms with Crippen molar-refractivity contribution in [2.24, 2.45) is 0 Å². The van der Waals surface area contributed by atoms with Crippen molar-refractivity contribution in [1.82, 2.24) is 0 Å². The first-order valence-electron chi connectivity index (χ1n) is 9.72. The van der Waals surface area contributed by atoms with Gasteiger partial charge in [-0.15, -0.1) is 0 Å². The van der Waals surface area contributed by atoms with Crippen molar-refractivity contribution in [2.75, 3.05) is 17.1 Å². The highest BCUT2D eigenvalue weighted by Crippen LogP contribution is 2.20. The lowest BCUT2D eigenvalue weighted by atomic mass is 10.2. The van der Waals surface area contributed by atoms with Crippen LogP contribution in [-0.4, -0.2) is 33.5 Å². The number of ether oxygens (including phenoxy) is 2. The number of anilines is 2. The van der Waals surface area contributed by atoms with Crippen LogP contribution in [-0.2, 0) is 19.6 Å². The van der Waals surface area contributed by atoms with Crippen molar-refractivity contribution >= 4 is 33.3 Å². The molecule has 172 valence electrons. The highest BCUT2D eigenvalue weighted by Gasteiger charge is 2.20. The van der Waals surface area contributed by atoms with E-state index in [0.29, 0.717) is 17.1 Å². The highest BCUT2D eigenvalue weighted by atomic mass is 32.2. The second-order valence-electron chi connectivity index (χ2n) is 6.90. The molecular formula is C23H21FN2O6S. The second kappa shape index (κ2) is 10.1. The molecule has 0 aliphatic rings. The molecule has 2 N–H and O–H groups in total. The topological polar surface area (TPSA) is 111 Å². The number of rotatable bonds is 8. The van der Waals surface area contributed by atoms with E-state index >= 15 is 0 Å². The van der Waals surface area contributed by atoms with E-state index in [0.717, 1.165) is 0 Å². The summed E-state index contributed by atoms with van der Waals surface area (Å²) in [4.78, 5) is 24.5. The van der Waals surface area contributed by atoms with Crippen LogP contribution in [0.25, 0.3) is 0 Å². The minimum absolute atomic E-state index is 0.0584. The molecule has 0 fully saturated rings. The lowest BCUT2D eigenvalue weighted by Gasteiger charge is -2.14. The van der Waals surface area contributed by atoms with Gasteiger partial charge in [0.1, 0.15) is 11.6 Å². The molecule has 0 aliphatic heterocycles. The lowest BCUT2D eigenvalue weighted by molar-refractivity contribution is -0.123. The molecule has 0 bridgehead atoms. The first kappa shape index (κ1) is 23.7. The SMILES string of the molecule is COc1ccc(NS(=O)(=O)c2ccc(C(=O)OC(C)C(=O)Nc3ccc(F)cc3)cc2)cc1. The molecule has 0 saturated heterocycles. The Morgan fingerprint density at radius 1 is 0.879 bits per heavy atom. The highest BCUT2D eigenvalue weighted by molar-refractivity contribution is 7.92. The van der Waals surface area contributed by atoms with Crippen LogP contribution in [0.3, 0.4) is 0 Å². The number of halogens is 1. The first-order chi connectivity index (χ1) is 15.7. The Balaban J connectivity index is 1.61. The van der Waals surface area contributed by atoms with Gasteiger partial charge in [-0.3, -0.25) is 9.52 Å². The molecule has 33 heavy (non-hydrogen) atoms. The number of hydrogen-bond acceptors (Lipinski definition) is 6. The number of amides is 1. The lowest BCUT2D eigenvalue weighted by Crippen LogP contribution is -2.30. The zero-order chi connectivity index (χ0) is 24.0. The van der Waals surface area contributed by atoms with Crippen LogP contribution < -0.4 is 14.8 Å². The van der Waals surface area contributed by atoms with E-state index in [2.05, 4.69) is 10.0 Å². The molecule has 10 heteroatoms. The summed E-state index contributed by atoms with van der Waals surface area (Å²) in [6, 6.07) is 16.6. The molecule has 3 aromatic rings. The van der Waals surface area contributed by atoms with Gasteiger partial charge < -0.3 is 14.8 Å². The van der Waals surface area contributed by atoms with Gasteiger partial charge in [-0.2, -0.15) is 0 Å². The van der Waals surface area contributed by atoms with Crippen LogP contribution in [0.4, 0.5) is 15.8 Å². The Morgan fingerprint density at radius 2 is 1.45 bits per heavy atom. The zero-order valence-electron chi connectivity index (χ0n) is 17.7. The molecule has 1 unspecified atom stereocenters. The number of benzene rings is 3. The Morgan fingerprint density at radius 3 is 2.03 bits per heavy atom. The van der Waals surface area contributed by atoms with Crippen LogP contribution in [0, 0.1) is 5.82 Å². The molecule has 0 heterocycles. The summed E-state index contributed by atoms with van der Waals surface area (Å²) in [6.45, 7) is 1.38.